The molecule has 0 unspecified atom stereocenters. The van der Waals surface area contributed by atoms with Crippen molar-refractivity contribution in [2.45, 2.75) is 19.3 Å². The zero-order valence-corrected chi connectivity index (χ0v) is 11.8. The van der Waals surface area contributed by atoms with E-state index in [-0.39, 0.29) is 0 Å². The van der Waals surface area contributed by atoms with Crippen molar-refractivity contribution in [1.29, 1.82) is 0 Å². The van der Waals surface area contributed by atoms with Crippen molar-refractivity contribution in [2.75, 3.05) is 33.2 Å². The van der Waals surface area contributed by atoms with Crippen molar-refractivity contribution < 1.29 is 14.4 Å². The highest BCUT2D eigenvalue weighted by Crippen LogP contribution is 2.09. The normalized spacial score (nSPS) is 15.2. The molecule has 1 aliphatic heterocycles. The van der Waals surface area contributed by atoms with Crippen LogP contribution < -0.4 is 5.48 Å². The average Bonchev–Trinajstić information content (AvgIpc) is 2.46. The van der Waals surface area contributed by atoms with Crippen LogP contribution in [0.25, 0.3) is 0 Å². The number of nitrogens with zero attached hydrogens (tertiary/aromatic N) is 2. The van der Waals surface area contributed by atoms with Crippen molar-refractivity contribution in [3.05, 3.63) is 12.2 Å². The van der Waals surface area contributed by atoms with Gasteiger partial charge in [0.2, 0.25) is 0 Å². The van der Waals surface area contributed by atoms with E-state index in [0.29, 0.717) is 26.2 Å². The van der Waals surface area contributed by atoms with Crippen LogP contribution in [0.3, 0.4) is 0 Å². The summed E-state index contributed by atoms with van der Waals surface area (Å²) < 4.78 is 0. The van der Waals surface area contributed by atoms with E-state index in [9.17, 15) is 9.59 Å². The van der Waals surface area contributed by atoms with Gasteiger partial charge in [-0.3, -0.25) is 9.69 Å². The predicted octanol–water partition coefficient (Wildman–Crippen LogP) is 0.761. The molecule has 20 heavy (non-hydrogen) atoms. The molecule has 0 aromatic carbocycles. The van der Waals surface area contributed by atoms with E-state index in [1.807, 2.05) is 11.9 Å². The first-order chi connectivity index (χ1) is 9.63. The van der Waals surface area contributed by atoms with Gasteiger partial charge in [0.15, 0.2) is 0 Å². The first-order valence-electron chi connectivity index (χ1n) is 6.67. The second kappa shape index (κ2) is 8.99. The number of terminal acetylenes is 1. The predicted molar refractivity (Wildman–Crippen MR) is 75.5 cm³/mol. The van der Waals surface area contributed by atoms with Crippen LogP contribution in [0.1, 0.15) is 19.3 Å². The lowest BCUT2D eigenvalue weighted by Gasteiger charge is -2.25. The monoisotopic (exact) mass is 279 g/mol. The molecule has 1 fully saturated rings. The fourth-order valence-corrected chi connectivity index (χ4v) is 1.83. The van der Waals surface area contributed by atoms with Gasteiger partial charge in [-0.05, 0) is 26.3 Å². The number of carbonyl (C=O) groups excluding carboxylic acids is 2. The lowest BCUT2D eigenvalue weighted by Crippen LogP contribution is -2.39. The van der Waals surface area contributed by atoms with Crippen molar-refractivity contribution in [1.82, 2.24) is 15.3 Å². The van der Waals surface area contributed by atoms with E-state index >= 15 is 0 Å². The van der Waals surface area contributed by atoms with E-state index in [0.717, 1.165) is 19.3 Å². The zero-order valence-electron chi connectivity index (χ0n) is 11.8. The van der Waals surface area contributed by atoms with Crippen LogP contribution in [0.4, 0.5) is 4.79 Å². The number of amides is 2. The first kappa shape index (κ1) is 16.1. The van der Waals surface area contributed by atoms with Gasteiger partial charge in [-0.25, -0.2) is 4.79 Å². The quantitative estimate of drug-likeness (QED) is 0.469. The van der Waals surface area contributed by atoms with Crippen LogP contribution >= 0.6 is 0 Å². The van der Waals surface area contributed by atoms with Crippen LogP contribution in [0.15, 0.2) is 12.2 Å². The molecule has 6 heteroatoms. The molecule has 110 valence electrons. The Balaban J connectivity index is 2.20. The molecule has 1 rings (SSSR count). The molecule has 2 amide bonds. The molecule has 1 heterocycles. The maximum Gasteiger partial charge on any atom is 0.434 e. The fraction of sp³-hybridized carbons (Fsp3) is 0.571. The number of piperidine rings is 1. The maximum atomic E-state index is 11.6. The summed E-state index contributed by atoms with van der Waals surface area (Å²) in [6.07, 6.45) is 10.7. The molecule has 1 aliphatic rings. The number of hydroxylamine groups is 1. The zero-order chi connectivity index (χ0) is 14.8. The summed E-state index contributed by atoms with van der Waals surface area (Å²) >= 11 is 0. The van der Waals surface area contributed by atoms with Gasteiger partial charge in [0.1, 0.15) is 0 Å². The lowest BCUT2D eigenvalue weighted by molar-refractivity contribution is -0.125. The Hall–Kier alpha value is -2.00. The minimum Gasteiger partial charge on any atom is -0.321 e. The third-order valence-electron chi connectivity index (χ3n) is 2.90. The minimum absolute atomic E-state index is 0.468. The van der Waals surface area contributed by atoms with Crippen molar-refractivity contribution >= 4 is 12.0 Å². The molecular formula is C14H21N3O3. The van der Waals surface area contributed by atoms with Gasteiger partial charge in [0.05, 0.1) is 6.54 Å². The van der Waals surface area contributed by atoms with Crippen molar-refractivity contribution in [3.63, 3.8) is 0 Å². The lowest BCUT2D eigenvalue weighted by atomic mass is 10.1. The van der Waals surface area contributed by atoms with Crippen LogP contribution in [-0.4, -0.2) is 55.0 Å². The number of likely N-dealkylation sites (N-methyl/N-ethyl adjacent to an activating group) is 1. The summed E-state index contributed by atoms with van der Waals surface area (Å²) in [5, 5.41) is 0. The van der Waals surface area contributed by atoms with Gasteiger partial charge >= 0.3 is 6.09 Å². The number of carbonyl (C=O) groups is 2. The Morgan fingerprint density at radius 1 is 1.40 bits per heavy atom. The smallest absolute Gasteiger partial charge is 0.321 e. The number of hydrogen-bond donors (Lipinski definition) is 1. The van der Waals surface area contributed by atoms with Gasteiger partial charge in [0.25, 0.3) is 5.91 Å². The van der Waals surface area contributed by atoms with E-state index in [4.69, 9.17) is 11.3 Å². The van der Waals surface area contributed by atoms with Crippen LogP contribution in [0, 0.1) is 12.3 Å². The average molecular weight is 279 g/mol. The summed E-state index contributed by atoms with van der Waals surface area (Å²) in [4.78, 5) is 31.2. The second-order valence-electron chi connectivity index (χ2n) is 4.69. The van der Waals surface area contributed by atoms with Crippen LogP contribution in [0.2, 0.25) is 0 Å². The Morgan fingerprint density at radius 2 is 2.10 bits per heavy atom. The van der Waals surface area contributed by atoms with Crippen LogP contribution in [-0.2, 0) is 9.63 Å². The standard InChI is InChI=1S/C14H21N3O3/c1-3-9-16(2)10-7-8-13(18)15-20-14(19)17-11-5-4-6-12-17/h1,7-8H,4-6,9-12H2,2H3,(H,15,18)/b8-7+. The number of hydrogen-bond acceptors (Lipinski definition) is 4. The molecule has 0 atom stereocenters. The summed E-state index contributed by atoms with van der Waals surface area (Å²) in [6.45, 7) is 2.43. The highest BCUT2D eigenvalue weighted by Gasteiger charge is 2.18. The van der Waals surface area contributed by atoms with E-state index in [1.54, 1.807) is 11.0 Å². The summed E-state index contributed by atoms with van der Waals surface area (Å²) in [7, 11) is 1.85. The molecule has 0 spiro atoms. The summed E-state index contributed by atoms with van der Waals surface area (Å²) in [6, 6.07) is 0. The molecule has 0 aliphatic carbocycles. The molecular weight excluding hydrogens is 258 g/mol. The fourth-order valence-electron chi connectivity index (χ4n) is 1.83. The topological polar surface area (TPSA) is 61.9 Å². The van der Waals surface area contributed by atoms with Gasteiger partial charge in [0, 0.05) is 25.7 Å². The van der Waals surface area contributed by atoms with Crippen molar-refractivity contribution in [2.24, 2.45) is 0 Å². The third-order valence-corrected chi connectivity index (χ3v) is 2.90. The maximum absolute atomic E-state index is 11.6. The number of likely N-dealkylation sites (tertiary alicyclic amines) is 1. The first-order valence-corrected chi connectivity index (χ1v) is 6.67. The molecule has 0 saturated carbocycles. The van der Waals surface area contributed by atoms with E-state index < -0.39 is 12.0 Å². The Labute approximate surface area is 119 Å². The minimum atomic E-state index is -0.504. The molecule has 6 nitrogen and oxygen atoms in total. The van der Waals surface area contributed by atoms with E-state index in [1.165, 1.54) is 6.08 Å². The molecule has 0 aromatic heterocycles. The third kappa shape index (κ3) is 6.25. The molecule has 0 bridgehead atoms. The highest BCUT2D eigenvalue weighted by atomic mass is 16.7. The van der Waals surface area contributed by atoms with Crippen molar-refractivity contribution in [3.8, 4) is 12.3 Å². The summed E-state index contributed by atoms with van der Waals surface area (Å²) in [5.74, 6) is 2.03. The van der Waals surface area contributed by atoms with Crippen LogP contribution in [0.5, 0.6) is 0 Å². The largest absolute Gasteiger partial charge is 0.434 e. The van der Waals surface area contributed by atoms with Gasteiger partial charge in [-0.1, -0.05) is 12.0 Å². The number of nitrogens with one attached hydrogen (secondary N) is 1. The summed E-state index contributed by atoms with van der Waals surface area (Å²) in [5.41, 5.74) is 2.11. The molecule has 0 aromatic rings. The molecule has 0 radical (unpaired) electrons. The Bertz CT molecular complexity index is 395. The van der Waals surface area contributed by atoms with Gasteiger partial charge in [-0.2, -0.15) is 5.48 Å². The Kier molecular flexibility index (Phi) is 7.22. The number of rotatable bonds is 4. The molecule has 1 N–H and O–H groups in total. The van der Waals surface area contributed by atoms with Gasteiger partial charge in [-0.15, -0.1) is 6.42 Å². The highest BCUT2D eigenvalue weighted by molar-refractivity contribution is 5.87. The van der Waals surface area contributed by atoms with Gasteiger partial charge < -0.3 is 9.74 Å². The second-order valence-corrected chi connectivity index (χ2v) is 4.69. The Morgan fingerprint density at radius 3 is 2.75 bits per heavy atom. The SMILES string of the molecule is C#CCN(C)C/C=C/C(=O)NOC(=O)N1CCCCC1. The molecule has 1 saturated heterocycles. The van der Waals surface area contributed by atoms with E-state index in [2.05, 4.69) is 11.4 Å².